The van der Waals surface area contributed by atoms with Crippen LogP contribution < -0.4 is 10.6 Å². The Morgan fingerprint density at radius 1 is 1.15 bits per heavy atom. The Labute approximate surface area is 181 Å². The number of guanidine groups is 1. The molecule has 0 bridgehead atoms. The number of unbranched alkanes of at least 4 members (excludes halogenated alkanes) is 1. The number of nitrogens with zero attached hydrogens (tertiary/aromatic N) is 2. The first kappa shape index (κ1) is 24.2. The second-order valence-electron chi connectivity index (χ2n) is 6.66. The predicted molar refractivity (Wildman–Crippen MR) is 122 cm³/mol. The maximum absolute atomic E-state index is 12.7. The van der Waals surface area contributed by atoms with Crippen LogP contribution >= 0.6 is 24.0 Å². The highest BCUT2D eigenvalue weighted by Gasteiger charge is 2.29. The Bertz CT molecular complexity index is 660. The lowest BCUT2D eigenvalue weighted by molar-refractivity contribution is 0.278. The molecule has 2 N–H and O–H groups in total. The third-order valence-electron chi connectivity index (χ3n) is 4.63. The predicted octanol–water partition coefficient (Wildman–Crippen LogP) is 3.06. The fourth-order valence-corrected chi connectivity index (χ4v) is 4.51. The van der Waals surface area contributed by atoms with E-state index in [0.717, 1.165) is 51.3 Å². The molecule has 1 aliphatic rings. The summed E-state index contributed by atoms with van der Waals surface area (Å²) in [6.07, 6.45) is 3.98. The monoisotopic (exact) mass is 508 g/mol. The number of sulfonamides is 1. The number of hydrogen-bond donors (Lipinski definition) is 2. The fraction of sp³-hybridized carbons (Fsp3) is 0.632. The molecule has 0 atom stereocenters. The third-order valence-corrected chi connectivity index (χ3v) is 6.54. The number of nitrogens with one attached hydrogen (secondary N) is 2. The SMILES string of the molecule is CCCCNC(=NCC1CCN(S(=O)(=O)c2ccccc2)CC1)NCC.I. The van der Waals surface area contributed by atoms with Crippen LogP contribution in [-0.4, -0.2) is 51.4 Å². The average Bonchev–Trinajstić information content (AvgIpc) is 2.67. The van der Waals surface area contributed by atoms with Gasteiger partial charge in [0.05, 0.1) is 4.90 Å². The van der Waals surface area contributed by atoms with Gasteiger partial charge in [0.15, 0.2) is 5.96 Å². The quantitative estimate of drug-likeness (QED) is 0.245. The number of hydrogen-bond acceptors (Lipinski definition) is 3. The minimum Gasteiger partial charge on any atom is -0.357 e. The molecule has 0 aliphatic carbocycles. The molecular formula is C19H33IN4O2S. The number of rotatable bonds is 8. The van der Waals surface area contributed by atoms with Crippen molar-refractivity contribution >= 4 is 40.0 Å². The van der Waals surface area contributed by atoms with Crippen LogP contribution in [0.3, 0.4) is 0 Å². The highest BCUT2D eigenvalue weighted by molar-refractivity contribution is 14.0. The summed E-state index contributed by atoms with van der Waals surface area (Å²) < 4.78 is 26.9. The second-order valence-corrected chi connectivity index (χ2v) is 8.60. The molecule has 8 heteroatoms. The molecule has 0 saturated carbocycles. The van der Waals surface area contributed by atoms with Gasteiger partial charge in [-0.05, 0) is 44.2 Å². The van der Waals surface area contributed by atoms with E-state index in [4.69, 9.17) is 0 Å². The maximum atomic E-state index is 12.7. The van der Waals surface area contributed by atoms with Gasteiger partial charge < -0.3 is 10.6 Å². The molecule has 0 spiro atoms. The van der Waals surface area contributed by atoms with Crippen molar-refractivity contribution in [1.82, 2.24) is 14.9 Å². The topological polar surface area (TPSA) is 73.8 Å². The van der Waals surface area contributed by atoms with Crippen molar-refractivity contribution in [3.05, 3.63) is 30.3 Å². The zero-order chi connectivity index (χ0) is 18.8. The lowest BCUT2D eigenvalue weighted by atomic mass is 9.98. The van der Waals surface area contributed by atoms with E-state index in [1.165, 1.54) is 0 Å². The molecule has 0 radical (unpaired) electrons. The number of halogens is 1. The van der Waals surface area contributed by atoms with Crippen LogP contribution in [-0.2, 0) is 10.0 Å². The summed E-state index contributed by atoms with van der Waals surface area (Å²) in [6.45, 7) is 7.86. The molecule has 1 saturated heterocycles. The normalized spacial score (nSPS) is 16.6. The zero-order valence-corrected chi connectivity index (χ0v) is 19.5. The molecule has 0 aromatic heterocycles. The van der Waals surface area contributed by atoms with Crippen LogP contribution in [0.4, 0.5) is 0 Å². The largest absolute Gasteiger partial charge is 0.357 e. The van der Waals surface area contributed by atoms with Crippen molar-refractivity contribution < 1.29 is 8.42 Å². The summed E-state index contributed by atoms with van der Waals surface area (Å²) in [5.74, 6) is 1.29. The molecule has 1 aromatic carbocycles. The molecule has 2 rings (SSSR count). The molecular weight excluding hydrogens is 475 g/mol. The van der Waals surface area contributed by atoms with Crippen molar-refractivity contribution in [2.24, 2.45) is 10.9 Å². The average molecular weight is 508 g/mol. The van der Waals surface area contributed by atoms with E-state index in [0.29, 0.717) is 23.9 Å². The van der Waals surface area contributed by atoms with E-state index in [1.54, 1.807) is 28.6 Å². The van der Waals surface area contributed by atoms with Crippen LogP contribution in [0.2, 0.25) is 0 Å². The van der Waals surface area contributed by atoms with E-state index in [9.17, 15) is 8.42 Å². The van der Waals surface area contributed by atoms with Gasteiger partial charge in [-0.15, -0.1) is 24.0 Å². The van der Waals surface area contributed by atoms with Crippen LogP contribution in [0, 0.1) is 5.92 Å². The fourth-order valence-electron chi connectivity index (χ4n) is 3.02. The summed E-state index contributed by atoms with van der Waals surface area (Å²) in [4.78, 5) is 5.06. The molecule has 1 fully saturated rings. The lowest BCUT2D eigenvalue weighted by Gasteiger charge is -2.30. The van der Waals surface area contributed by atoms with Gasteiger partial charge in [0, 0.05) is 32.7 Å². The highest BCUT2D eigenvalue weighted by atomic mass is 127. The summed E-state index contributed by atoms with van der Waals surface area (Å²) in [5.41, 5.74) is 0. The van der Waals surface area contributed by atoms with Gasteiger partial charge in [0.2, 0.25) is 10.0 Å². The van der Waals surface area contributed by atoms with Crippen molar-refractivity contribution in [2.45, 2.75) is 44.4 Å². The summed E-state index contributed by atoms with van der Waals surface area (Å²) >= 11 is 0. The van der Waals surface area contributed by atoms with Crippen molar-refractivity contribution in [3.63, 3.8) is 0 Å². The molecule has 1 aromatic rings. The number of aliphatic imine (C=N–C) groups is 1. The van der Waals surface area contributed by atoms with Crippen LogP contribution in [0.25, 0.3) is 0 Å². The van der Waals surface area contributed by atoms with Gasteiger partial charge in [0.25, 0.3) is 0 Å². The van der Waals surface area contributed by atoms with Crippen LogP contribution in [0.5, 0.6) is 0 Å². The first-order valence-corrected chi connectivity index (χ1v) is 11.1. The number of benzene rings is 1. The Kier molecular flexibility index (Phi) is 11.2. The van der Waals surface area contributed by atoms with Crippen molar-refractivity contribution in [3.8, 4) is 0 Å². The smallest absolute Gasteiger partial charge is 0.243 e. The summed E-state index contributed by atoms with van der Waals surface area (Å²) in [6, 6.07) is 8.69. The van der Waals surface area contributed by atoms with Gasteiger partial charge >= 0.3 is 0 Å². The minimum absolute atomic E-state index is 0. The Balaban J connectivity index is 0.00000364. The van der Waals surface area contributed by atoms with Crippen molar-refractivity contribution in [2.75, 3.05) is 32.7 Å². The third kappa shape index (κ3) is 7.57. The molecule has 6 nitrogen and oxygen atoms in total. The van der Waals surface area contributed by atoms with E-state index in [2.05, 4.69) is 29.5 Å². The lowest BCUT2D eigenvalue weighted by Crippen LogP contribution is -2.40. The van der Waals surface area contributed by atoms with Gasteiger partial charge in [-0.25, -0.2) is 8.42 Å². The Morgan fingerprint density at radius 2 is 1.81 bits per heavy atom. The zero-order valence-electron chi connectivity index (χ0n) is 16.4. The summed E-state index contributed by atoms with van der Waals surface area (Å²) in [5, 5.41) is 6.62. The van der Waals surface area contributed by atoms with E-state index in [-0.39, 0.29) is 24.0 Å². The van der Waals surface area contributed by atoms with Gasteiger partial charge in [0.1, 0.15) is 0 Å². The van der Waals surface area contributed by atoms with E-state index < -0.39 is 10.0 Å². The number of piperidine rings is 1. The highest BCUT2D eigenvalue weighted by Crippen LogP contribution is 2.23. The first-order valence-electron chi connectivity index (χ1n) is 9.65. The second kappa shape index (κ2) is 12.6. The summed E-state index contributed by atoms with van der Waals surface area (Å²) in [7, 11) is -3.37. The standard InChI is InChI=1S/C19H32N4O2S.HI/c1-3-5-13-21-19(20-4-2)22-16-17-11-14-23(15-12-17)26(24,25)18-9-7-6-8-10-18;/h6-10,17H,3-5,11-16H2,1-2H3,(H2,20,21,22);1H. The maximum Gasteiger partial charge on any atom is 0.243 e. The van der Waals surface area contributed by atoms with E-state index >= 15 is 0 Å². The Morgan fingerprint density at radius 3 is 2.41 bits per heavy atom. The Hall–Kier alpha value is -0.870. The van der Waals surface area contributed by atoms with Crippen molar-refractivity contribution in [1.29, 1.82) is 0 Å². The molecule has 0 unspecified atom stereocenters. The molecule has 27 heavy (non-hydrogen) atoms. The minimum atomic E-state index is -3.37. The molecule has 0 amide bonds. The first-order chi connectivity index (χ1) is 12.6. The molecule has 154 valence electrons. The van der Waals surface area contributed by atoms with Gasteiger partial charge in [-0.2, -0.15) is 4.31 Å². The van der Waals surface area contributed by atoms with Gasteiger partial charge in [-0.1, -0.05) is 31.5 Å². The molecule has 1 heterocycles. The molecule has 1 aliphatic heterocycles. The van der Waals surface area contributed by atoms with Gasteiger partial charge in [-0.3, -0.25) is 4.99 Å². The van der Waals surface area contributed by atoms with Crippen LogP contribution in [0.1, 0.15) is 39.5 Å². The van der Waals surface area contributed by atoms with Crippen LogP contribution in [0.15, 0.2) is 40.2 Å². The van der Waals surface area contributed by atoms with E-state index in [1.807, 2.05) is 6.07 Å².